The van der Waals surface area contributed by atoms with E-state index in [4.69, 9.17) is 13.6 Å². The molecule has 0 saturated carbocycles. The Balaban J connectivity index is 1.76. The second kappa shape index (κ2) is 7.03. The average molecular weight is 377 g/mol. The lowest BCUT2D eigenvalue weighted by molar-refractivity contribution is -0.384. The van der Waals surface area contributed by atoms with E-state index in [2.05, 4.69) is 0 Å². The van der Waals surface area contributed by atoms with Crippen LogP contribution in [0.5, 0.6) is 5.75 Å². The summed E-state index contributed by atoms with van der Waals surface area (Å²) < 4.78 is 17.1. The number of hydrogen-bond acceptors (Lipinski definition) is 6. The van der Waals surface area contributed by atoms with Gasteiger partial charge in [-0.1, -0.05) is 11.6 Å². The van der Waals surface area contributed by atoms with E-state index in [0.717, 1.165) is 5.56 Å². The zero-order valence-corrected chi connectivity index (χ0v) is 14.9. The molecule has 4 rings (SSSR count). The van der Waals surface area contributed by atoms with Crippen molar-refractivity contribution in [1.29, 1.82) is 0 Å². The van der Waals surface area contributed by atoms with Gasteiger partial charge < -0.3 is 13.6 Å². The quantitative estimate of drug-likeness (QED) is 0.364. The van der Waals surface area contributed by atoms with E-state index in [9.17, 15) is 14.9 Å². The number of hydrogen-bond donors (Lipinski definition) is 0. The Hall–Kier alpha value is -3.87. The summed E-state index contributed by atoms with van der Waals surface area (Å²) in [7, 11) is 0. The first kappa shape index (κ1) is 17.5. The standard InChI is InChI=1S/C21H15NO6/c1-13-4-9-17-16(11-13)19(23)21(20(28-17)18-3-2-10-26-18)27-12-14-5-7-15(8-6-14)22(24)25/h2-11H,12H2,1H3. The van der Waals surface area contributed by atoms with Crippen LogP contribution in [-0.4, -0.2) is 4.92 Å². The fourth-order valence-electron chi connectivity index (χ4n) is 2.86. The van der Waals surface area contributed by atoms with E-state index in [-0.39, 0.29) is 29.2 Å². The van der Waals surface area contributed by atoms with Crippen molar-refractivity contribution in [2.75, 3.05) is 0 Å². The number of nitrogens with zero attached hydrogens (tertiary/aromatic N) is 1. The molecule has 7 heteroatoms. The first-order valence-corrected chi connectivity index (χ1v) is 8.50. The van der Waals surface area contributed by atoms with Crippen LogP contribution in [0.3, 0.4) is 0 Å². The van der Waals surface area contributed by atoms with Crippen LogP contribution in [0.25, 0.3) is 22.5 Å². The predicted octanol–water partition coefficient (Wildman–Crippen LogP) is 4.85. The van der Waals surface area contributed by atoms with E-state index >= 15 is 0 Å². The van der Waals surface area contributed by atoms with Gasteiger partial charge >= 0.3 is 0 Å². The van der Waals surface area contributed by atoms with E-state index in [1.807, 2.05) is 13.0 Å². The third-order valence-electron chi connectivity index (χ3n) is 4.28. The van der Waals surface area contributed by atoms with Gasteiger partial charge in [0.2, 0.25) is 16.9 Å². The molecular weight excluding hydrogens is 362 g/mol. The highest BCUT2D eigenvalue weighted by molar-refractivity contribution is 5.81. The van der Waals surface area contributed by atoms with Crippen LogP contribution in [0, 0.1) is 17.0 Å². The second-order valence-electron chi connectivity index (χ2n) is 6.28. The largest absolute Gasteiger partial charge is 0.481 e. The van der Waals surface area contributed by atoms with Gasteiger partial charge in [-0.25, -0.2) is 0 Å². The summed E-state index contributed by atoms with van der Waals surface area (Å²) in [5, 5.41) is 11.2. The van der Waals surface area contributed by atoms with E-state index in [1.165, 1.54) is 18.4 Å². The molecule has 0 fully saturated rings. The smallest absolute Gasteiger partial charge is 0.269 e. The molecule has 0 saturated heterocycles. The number of furan rings is 1. The molecule has 0 bridgehead atoms. The molecule has 2 aromatic carbocycles. The van der Waals surface area contributed by atoms with Crippen molar-refractivity contribution in [2.45, 2.75) is 13.5 Å². The molecule has 28 heavy (non-hydrogen) atoms. The summed E-state index contributed by atoms with van der Waals surface area (Å²) in [6.45, 7) is 1.94. The molecule has 0 unspecified atom stereocenters. The van der Waals surface area contributed by atoms with Crippen molar-refractivity contribution < 1.29 is 18.5 Å². The fourth-order valence-corrected chi connectivity index (χ4v) is 2.86. The Kier molecular flexibility index (Phi) is 4.41. The van der Waals surface area contributed by atoms with Gasteiger partial charge in [0, 0.05) is 12.1 Å². The second-order valence-corrected chi connectivity index (χ2v) is 6.28. The molecule has 0 aliphatic rings. The normalized spacial score (nSPS) is 10.9. The molecule has 0 spiro atoms. The predicted molar refractivity (Wildman–Crippen MR) is 102 cm³/mol. The molecular formula is C21H15NO6. The van der Waals surface area contributed by atoms with E-state index in [0.29, 0.717) is 22.3 Å². The zero-order valence-electron chi connectivity index (χ0n) is 14.9. The number of nitro groups is 1. The van der Waals surface area contributed by atoms with Crippen LogP contribution >= 0.6 is 0 Å². The van der Waals surface area contributed by atoms with Crippen LogP contribution in [0.1, 0.15) is 11.1 Å². The lowest BCUT2D eigenvalue weighted by Crippen LogP contribution is -2.10. The highest BCUT2D eigenvalue weighted by atomic mass is 16.6. The summed E-state index contributed by atoms with van der Waals surface area (Å²) in [4.78, 5) is 23.3. The van der Waals surface area contributed by atoms with Crippen molar-refractivity contribution in [3.63, 3.8) is 0 Å². The van der Waals surface area contributed by atoms with Crippen molar-refractivity contribution in [3.05, 3.63) is 92.3 Å². The van der Waals surface area contributed by atoms with Crippen LogP contribution < -0.4 is 10.2 Å². The third-order valence-corrected chi connectivity index (χ3v) is 4.28. The van der Waals surface area contributed by atoms with Crippen molar-refractivity contribution >= 4 is 16.7 Å². The Morgan fingerprint density at radius 2 is 1.89 bits per heavy atom. The van der Waals surface area contributed by atoms with Gasteiger partial charge in [-0.05, 0) is 48.9 Å². The number of rotatable bonds is 5. The maximum absolute atomic E-state index is 13.0. The number of non-ortho nitro benzene ring substituents is 1. The van der Waals surface area contributed by atoms with Crippen molar-refractivity contribution in [3.8, 4) is 17.3 Å². The minimum Gasteiger partial charge on any atom is -0.481 e. The van der Waals surface area contributed by atoms with Gasteiger partial charge in [0.15, 0.2) is 5.76 Å². The molecule has 0 atom stereocenters. The number of fused-ring (bicyclic) bond motifs is 1. The molecule has 0 aliphatic heterocycles. The SMILES string of the molecule is Cc1ccc2oc(-c3ccco3)c(OCc3ccc([N+](=O)[O-])cc3)c(=O)c2c1. The van der Waals surface area contributed by atoms with Crippen molar-refractivity contribution in [1.82, 2.24) is 0 Å². The number of benzene rings is 2. The maximum atomic E-state index is 13.0. The molecule has 4 aromatic rings. The fraction of sp³-hybridized carbons (Fsp3) is 0.0952. The number of nitro benzene ring substituents is 1. The van der Waals surface area contributed by atoms with Crippen LogP contribution in [0.4, 0.5) is 5.69 Å². The summed E-state index contributed by atoms with van der Waals surface area (Å²) in [5.74, 6) is 0.609. The average Bonchev–Trinajstić information content (AvgIpc) is 3.22. The molecule has 0 radical (unpaired) electrons. The molecule has 2 aromatic heterocycles. The topological polar surface area (TPSA) is 95.7 Å². The first-order valence-electron chi connectivity index (χ1n) is 8.50. The Morgan fingerprint density at radius 3 is 2.57 bits per heavy atom. The Bertz CT molecular complexity index is 1210. The summed E-state index contributed by atoms with van der Waals surface area (Å²) in [5.41, 5.74) is 1.72. The lowest BCUT2D eigenvalue weighted by atomic mass is 10.1. The highest BCUT2D eigenvalue weighted by Crippen LogP contribution is 2.32. The summed E-state index contributed by atoms with van der Waals surface area (Å²) >= 11 is 0. The van der Waals surface area contributed by atoms with Crippen LogP contribution in [0.15, 0.2) is 74.5 Å². The van der Waals surface area contributed by atoms with Crippen molar-refractivity contribution in [2.24, 2.45) is 0 Å². The molecule has 0 amide bonds. The van der Waals surface area contributed by atoms with Gasteiger partial charge in [0.25, 0.3) is 5.69 Å². The third kappa shape index (κ3) is 3.25. The first-order chi connectivity index (χ1) is 13.5. The monoisotopic (exact) mass is 377 g/mol. The molecule has 7 nitrogen and oxygen atoms in total. The summed E-state index contributed by atoms with van der Waals surface area (Å²) in [6.07, 6.45) is 1.48. The lowest BCUT2D eigenvalue weighted by Gasteiger charge is -2.10. The van der Waals surface area contributed by atoms with Gasteiger partial charge in [-0.2, -0.15) is 0 Å². The van der Waals surface area contributed by atoms with Crippen LogP contribution in [-0.2, 0) is 6.61 Å². The molecule has 0 aliphatic carbocycles. The molecule has 2 heterocycles. The minimum atomic E-state index is -0.472. The minimum absolute atomic E-state index is 0.0132. The number of ether oxygens (including phenoxy) is 1. The van der Waals surface area contributed by atoms with E-state index in [1.54, 1.807) is 36.4 Å². The Labute approximate surface area is 158 Å². The van der Waals surface area contributed by atoms with Gasteiger partial charge in [-0.3, -0.25) is 14.9 Å². The van der Waals surface area contributed by atoms with Gasteiger partial charge in [0.1, 0.15) is 12.2 Å². The van der Waals surface area contributed by atoms with Gasteiger partial charge in [-0.15, -0.1) is 0 Å². The summed E-state index contributed by atoms with van der Waals surface area (Å²) in [6, 6.07) is 14.6. The van der Waals surface area contributed by atoms with Crippen LogP contribution in [0.2, 0.25) is 0 Å². The maximum Gasteiger partial charge on any atom is 0.269 e. The zero-order chi connectivity index (χ0) is 19.7. The van der Waals surface area contributed by atoms with Gasteiger partial charge in [0.05, 0.1) is 16.6 Å². The molecule has 0 N–H and O–H groups in total. The Morgan fingerprint density at radius 1 is 1.11 bits per heavy atom. The number of aryl methyl sites for hydroxylation is 1. The van der Waals surface area contributed by atoms with E-state index < -0.39 is 4.92 Å². The molecule has 140 valence electrons. The highest BCUT2D eigenvalue weighted by Gasteiger charge is 2.20.